The van der Waals surface area contributed by atoms with Gasteiger partial charge in [-0.1, -0.05) is 30.7 Å². The fourth-order valence-electron chi connectivity index (χ4n) is 1.36. The molecule has 1 aromatic carbocycles. The highest BCUT2D eigenvalue weighted by Crippen LogP contribution is 2.10. The number of halogens is 1. The van der Waals surface area contributed by atoms with E-state index in [0.717, 1.165) is 23.4 Å². The Morgan fingerprint density at radius 1 is 1.38 bits per heavy atom. The lowest BCUT2D eigenvalue weighted by atomic mass is 10.1. The molecule has 0 fully saturated rings. The van der Waals surface area contributed by atoms with Crippen molar-refractivity contribution >= 4 is 17.5 Å². The molecule has 0 saturated carbocycles. The van der Waals surface area contributed by atoms with Gasteiger partial charge < -0.3 is 5.32 Å². The van der Waals surface area contributed by atoms with Crippen LogP contribution < -0.4 is 5.32 Å². The van der Waals surface area contributed by atoms with Crippen LogP contribution in [0.15, 0.2) is 24.3 Å². The fraction of sp³-hybridized carbons (Fsp3) is 0.462. The molecular formula is C13H18ClNO. The van der Waals surface area contributed by atoms with E-state index in [9.17, 15) is 4.79 Å². The van der Waals surface area contributed by atoms with Gasteiger partial charge in [0.1, 0.15) is 0 Å². The van der Waals surface area contributed by atoms with Gasteiger partial charge >= 0.3 is 0 Å². The summed E-state index contributed by atoms with van der Waals surface area (Å²) in [5, 5.41) is 3.68. The van der Waals surface area contributed by atoms with Gasteiger partial charge in [0, 0.05) is 17.5 Å². The van der Waals surface area contributed by atoms with Crippen molar-refractivity contribution in [3.05, 3.63) is 34.9 Å². The maximum Gasteiger partial charge on any atom is 0.220 e. The first-order chi connectivity index (χ1) is 7.61. The van der Waals surface area contributed by atoms with Crippen molar-refractivity contribution in [2.45, 2.75) is 39.2 Å². The average Bonchev–Trinajstić information content (AvgIpc) is 2.28. The van der Waals surface area contributed by atoms with Crippen LogP contribution in [0.1, 0.15) is 32.3 Å². The van der Waals surface area contributed by atoms with E-state index in [-0.39, 0.29) is 11.9 Å². The molecule has 0 aliphatic rings. The molecule has 0 heterocycles. The topological polar surface area (TPSA) is 29.1 Å². The zero-order chi connectivity index (χ0) is 12.0. The highest BCUT2D eigenvalue weighted by Gasteiger charge is 2.05. The molecule has 1 rings (SSSR count). The van der Waals surface area contributed by atoms with Gasteiger partial charge in [-0.15, -0.1) is 0 Å². The van der Waals surface area contributed by atoms with E-state index in [0.29, 0.717) is 6.42 Å². The Hall–Kier alpha value is -1.02. The number of rotatable bonds is 5. The van der Waals surface area contributed by atoms with Gasteiger partial charge in [0.2, 0.25) is 5.91 Å². The summed E-state index contributed by atoms with van der Waals surface area (Å²) in [6.07, 6.45) is 2.26. The molecule has 2 nitrogen and oxygen atoms in total. The summed E-state index contributed by atoms with van der Waals surface area (Å²) in [7, 11) is 0. The van der Waals surface area contributed by atoms with Crippen molar-refractivity contribution in [1.82, 2.24) is 5.32 Å². The Morgan fingerprint density at radius 3 is 2.56 bits per heavy atom. The molecule has 88 valence electrons. The van der Waals surface area contributed by atoms with Gasteiger partial charge in [-0.25, -0.2) is 0 Å². The lowest BCUT2D eigenvalue weighted by Crippen LogP contribution is -2.31. The Labute approximate surface area is 102 Å². The monoisotopic (exact) mass is 239 g/mol. The number of aryl methyl sites for hydroxylation is 1. The smallest absolute Gasteiger partial charge is 0.220 e. The number of benzene rings is 1. The van der Waals surface area contributed by atoms with Crippen molar-refractivity contribution in [2.24, 2.45) is 0 Å². The van der Waals surface area contributed by atoms with Gasteiger partial charge in [0.15, 0.2) is 0 Å². The molecule has 1 amide bonds. The third-order valence-electron chi connectivity index (χ3n) is 2.57. The molecule has 0 radical (unpaired) electrons. The first-order valence-corrected chi connectivity index (χ1v) is 6.03. The highest BCUT2D eigenvalue weighted by atomic mass is 35.5. The number of hydrogen-bond donors (Lipinski definition) is 1. The standard InChI is InChI=1S/C13H18ClNO/c1-3-10(2)15-13(16)9-6-11-4-7-12(14)8-5-11/h4-5,7-8,10H,3,6,9H2,1-2H3,(H,15,16). The Morgan fingerprint density at radius 2 is 2.00 bits per heavy atom. The molecule has 0 bridgehead atoms. The highest BCUT2D eigenvalue weighted by molar-refractivity contribution is 6.30. The van der Waals surface area contributed by atoms with Crippen LogP contribution in [-0.2, 0) is 11.2 Å². The molecule has 0 aliphatic carbocycles. The average molecular weight is 240 g/mol. The maximum absolute atomic E-state index is 11.5. The lowest BCUT2D eigenvalue weighted by Gasteiger charge is -2.11. The van der Waals surface area contributed by atoms with E-state index >= 15 is 0 Å². The van der Waals surface area contributed by atoms with Gasteiger partial charge in [-0.3, -0.25) is 4.79 Å². The Kier molecular flexibility index (Phi) is 5.33. The van der Waals surface area contributed by atoms with Crippen molar-refractivity contribution in [1.29, 1.82) is 0 Å². The van der Waals surface area contributed by atoms with Crippen LogP contribution in [0.25, 0.3) is 0 Å². The molecule has 0 aromatic heterocycles. The zero-order valence-electron chi connectivity index (χ0n) is 9.79. The van der Waals surface area contributed by atoms with E-state index in [4.69, 9.17) is 11.6 Å². The van der Waals surface area contributed by atoms with Crippen molar-refractivity contribution in [2.75, 3.05) is 0 Å². The summed E-state index contributed by atoms with van der Waals surface area (Å²) in [6, 6.07) is 7.88. The predicted octanol–water partition coefficient (Wildman–Crippen LogP) is 3.19. The predicted molar refractivity (Wildman–Crippen MR) is 67.7 cm³/mol. The molecule has 1 N–H and O–H groups in total. The van der Waals surface area contributed by atoms with Crippen LogP contribution in [0.2, 0.25) is 5.02 Å². The molecule has 3 heteroatoms. The number of carbonyl (C=O) groups is 1. The summed E-state index contributed by atoms with van der Waals surface area (Å²) < 4.78 is 0. The molecule has 1 atom stereocenters. The third-order valence-corrected chi connectivity index (χ3v) is 2.83. The summed E-state index contributed by atoms with van der Waals surface area (Å²) >= 11 is 5.78. The van der Waals surface area contributed by atoms with Gasteiger partial charge in [0.25, 0.3) is 0 Å². The quantitative estimate of drug-likeness (QED) is 0.840. The largest absolute Gasteiger partial charge is 0.354 e. The maximum atomic E-state index is 11.5. The van der Waals surface area contributed by atoms with Crippen LogP contribution in [0.4, 0.5) is 0 Å². The minimum Gasteiger partial charge on any atom is -0.354 e. The van der Waals surface area contributed by atoms with E-state index in [1.807, 2.05) is 31.2 Å². The van der Waals surface area contributed by atoms with E-state index in [2.05, 4.69) is 12.2 Å². The summed E-state index contributed by atoms with van der Waals surface area (Å²) in [5.41, 5.74) is 1.14. The molecule has 16 heavy (non-hydrogen) atoms. The summed E-state index contributed by atoms with van der Waals surface area (Å²) in [4.78, 5) is 11.5. The van der Waals surface area contributed by atoms with Gasteiger partial charge in [-0.2, -0.15) is 0 Å². The van der Waals surface area contributed by atoms with Crippen LogP contribution in [0.5, 0.6) is 0 Å². The first-order valence-electron chi connectivity index (χ1n) is 5.65. The van der Waals surface area contributed by atoms with Crippen molar-refractivity contribution in [3.8, 4) is 0 Å². The molecule has 1 unspecified atom stereocenters. The number of amides is 1. The Bertz CT molecular complexity index is 334. The second kappa shape index (κ2) is 6.54. The van der Waals surface area contributed by atoms with Gasteiger partial charge in [0.05, 0.1) is 0 Å². The minimum atomic E-state index is 0.115. The SMILES string of the molecule is CCC(C)NC(=O)CCc1ccc(Cl)cc1. The minimum absolute atomic E-state index is 0.115. The fourth-order valence-corrected chi connectivity index (χ4v) is 1.48. The van der Waals surface area contributed by atoms with Crippen LogP contribution in [0, 0.1) is 0 Å². The second-order valence-corrected chi connectivity index (χ2v) is 4.44. The van der Waals surface area contributed by atoms with E-state index < -0.39 is 0 Å². The Balaban J connectivity index is 2.34. The summed E-state index contributed by atoms with van der Waals surface area (Å²) in [6.45, 7) is 4.07. The third kappa shape index (κ3) is 4.67. The summed E-state index contributed by atoms with van der Waals surface area (Å²) in [5.74, 6) is 0.115. The van der Waals surface area contributed by atoms with Crippen LogP contribution in [-0.4, -0.2) is 11.9 Å². The van der Waals surface area contributed by atoms with Crippen molar-refractivity contribution < 1.29 is 4.79 Å². The first kappa shape index (κ1) is 13.0. The molecule has 0 spiro atoms. The van der Waals surface area contributed by atoms with Crippen LogP contribution >= 0.6 is 11.6 Å². The number of carbonyl (C=O) groups excluding carboxylic acids is 1. The molecule has 0 saturated heterocycles. The molecular weight excluding hydrogens is 222 g/mol. The number of hydrogen-bond acceptors (Lipinski definition) is 1. The van der Waals surface area contributed by atoms with E-state index in [1.165, 1.54) is 0 Å². The second-order valence-electron chi connectivity index (χ2n) is 4.00. The van der Waals surface area contributed by atoms with E-state index in [1.54, 1.807) is 0 Å². The van der Waals surface area contributed by atoms with Crippen LogP contribution in [0.3, 0.4) is 0 Å². The van der Waals surface area contributed by atoms with Gasteiger partial charge in [-0.05, 0) is 37.5 Å². The molecule has 1 aromatic rings. The number of nitrogens with one attached hydrogen (secondary N) is 1. The lowest BCUT2D eigenvalue weighted by molar-refractivity contribution is -0.121. The normalized spacial score (nSPS) is 12.2. The van der Waals surface area contributed by atoms with Crippen molar-refractivity contribution in [3.63, 3.8) is 0 Å². The molecule has 0 aliphatic heterocycles. The zero-order valence-corrected chi connectivity index (χ0v) is 10.6.